The summed E-state index contributed by atoms with van der Waals surface area (Å²) in [4.78, 5) is 22.8. The van der Waals surface area contributed by atoms with Crippen molar-refractivity contribution in [2.45, 2.75) is 13.5 Å². The molecule has 1 aliphatic rings. The summed E-state index contributed by atoms with van der Waals surface area (Å²) in [7, 11) is 0. The molecule has 0 atom stereocenters. The third-order valence-corrected chi connectivity index (χ3v) is 4.75. The van der Waals surface area contributed by atoms with Crippen molar-refractivity contribution in [3.63, 3.8) is 0 Å². The van der Waals surface area contributed by atoms with Crippen molar-refractivity contribution in [2.24, 2.45) is 0 Å². The number of aryl methyl sites for hydroxylation is 1. The fourth-order valence-electron chi connectivity index (χ4n) is 2.56. The molecule has 2 aromatic heterocycles. The zero-order chi connectivity index (χ0) is 14.7. The molecule has 0 radical (unpaired) electrons. The average Bonchev–Trinajstić information content (AvgIpc) is 2.95. The summed E-state index contributed by atoms with van der Waals surface area (Å²) in [6.45, 7) is 6.44. The molecule has 0 N–H and O–H groups in total. The Morgan fingerprint density at radius 1 is 1.14 bits per heavy atom. The van der Waals surface area contributed by atoms with E-state index in [-0.39, 0.29) is 5.91 Å². The first kappa shape index (κ1) is 14.2. The number of nitrogens with zero attached hydrogens (tertiary/aromatic N) is 3. The molecule has 1 saturated heterocycles. The Balaban J connectivity index is 1.54. The minimum Gasteiger partial charge on any atom is -0.335 e. The first-order valence-electron chi connectivity index (χ1n) is 7.19. The van der Waals surface area contributed by atoms with Crippen LogP contribution in [0.1, 0.15) is 20.1 Å². The van der Waals surface area contributed by atoms with E-state index in [1.54, 1.807) is 11.3 Å². The monoisotopic (exact) mass is 301 g/mol. The molecule has 5 heteroatoms. The van der Waals surface area contributed by atoms with E-state index in [4.69, 9.17) is 0 Å². The topological polar surface area (TPSA) is 36.4 Å². The number of aromatic nitrogens is 1. The molecule has 0 saturated carbocycles. The SMILES string of the molecule is Cc1ccc(C(=O)N2CCN(Cc3ccncc3)CC2)s1. The summed E-state index contributed by atoms with van der Waals surface area (Å²) in [5, 5.41) is 0. The molecule has 110 valence electrons. The Kier molecular flexibility index (Phi) is 4.31. The van der Waals surface area contributed by atoms with Crippen molar-refractivity contribution in [2.75, 3.05) is 26.2 Å². The van der Waals surface area contributed by atoms with E-state index >= 15 is 0 Å². The molecule has 0 spiro atoms. The Hall–Kier alpha value is -1.72. The van der Waals surface area contributed by atoms with Crippen molar-refractivity contribution in [1.82, 2.24) is 14.8 Å². The van der Waals surface area contributed by atoms with Gasteiger partial charge in [-0.3, -0.25) is 14.7 Å². The van der Waals surface area contributed by atoms with Gasteiger partial charge in [-0.1, -0.05) is 0 Å². The lowest BCUT2D eigenvalue weighted by Gasteiger charge is -2.34. The van der Waals surface area contributed by atoms with E-state index in [1.165, 1.54) is 10.4 Å². The molecule has 1 aliphatic heterocycles. The van der Waals surface area contributed by atoms with Crippen LogP contribution in [0.2, 0.25) is 0 Å². The van der Waals surface area contributed by atoms with Crippen molar-refractivity contribution in [1.29, 1.82) is 0 Å². The highest BCUT2D eigenvalue weighted by Gasteiger charge is 2.22. The van der Waals surface area contributed by atoms with E-state index in [0.717, 1.165) is 37.6 Å². The van der Waals surface area contributed by atoms with Crippen molar-refractivity contribution in [3.8, 4) is 0 Å². The molecule has 0 aromatic carbocycles. The molecule has 1 fully saturated rings. The quantitative estimate of drug-likeness (QED) is 0.873. The lowest BCUT2D eigenvalue weighted by molar-refractivity contribution is 0.0633. The van der Waals surface area contributed by atoms with Crippen LogP contribution in [0.5, 0.6) is 0 Å². The second kappa shape index (κ2) is 6.37. The van der Waals surface area contributed by atoms with Gasteiger partial charge in [0.25, 0.3) is 5.91 Å². The first-order chi connectivity index (χ1) is 10.2. The second-order valence-corrected chi connectivity index (χ2v) is 6.62. The number of hydrogen-bond acceptors (Lipinski definition) is 4. The van der Waals surface area contributed by atoms with Gasteiger partial charge in [0.15, 0.2) is 0 Å². The zero-order valence-electron chi connectivity index (χ0n) is 12.2. The number of rotatable bonds is 3. The van der Waals surface area contributed by atoms with Crippen LogP contribution in [-0.4, -0.2) is 46.9 Å². The summed E-state index contributed by atoms with van der Waals surface area (Å²) in [6, 6.07) is 8.04. The summed E-state index contributed by atoms with van der Waals surface area (Å²) in [5.74, 6) is 0.177. The highest BCUT2D eigenvalue weighted by Crippen LogP contribution is 2.18. The second-order valence-electron chi connectivity index (χ2n) is 5.33. The molecule has 0 unspecified atom stereocenters. The van der Waals surface area contributed by atoms with Gasteiger partial charge in [0.1, 0.15) is 0 Å². The Labute approximate surface area is 129 Å². The average molecular weight is 301 g/mol. The minimum absolute atomic E-state index is 0.177. The van der Waals surface area contributed by atoms with E-state index in [1.807, 2.05) is 48.5 Å². The lowest BCUT2D eigenvalue weighted by Crippen LogP contribution is -2.48. The molecular formula is C16H19N3OS. The van der Waals surface area contributed by atoms with E-state index in [9.17, 15) is 4.79 Å². The lowest BCUT2D eigenvalue weighted by atomic mass is 10.2. The Morgan fingerprint density at radius 3 is 2.48 bits per heavy atom. The van der Waals surface area contributed by atoms with Crippen molar-refractivity contribution < 1.29 is 4.79 Å². The molecule has 4 nitrogen and oxygen atoms in total. The highest BCUT2D eigenvalue weighted by atomic mass is 32.1. The number of piperazine rings is 1. The third-order valence-electron chi connectivity index (χ3n) is 3.77. The van der Waals surface area contributed by atoms with Gasteiger partial charge in [0.2, 0.25) is 0 Å². The van der Waals surface area contributed by atoms with Crippen LogP contribution in [0.25, 0.3) is 0 Å². The van der Waals surface area contributed by atoms with Crippen molar-refractivity contribution in [3.05, 3.63) is 52.0 Å². The maximum Gasteiger partial charge on any atom is 0.264 e. The van der Waals surface area contributed by atoms with Gasteiger partial charge < -0.3 is 4.90 Å². The van der Waals surface area contributed by atoms with Crippen LogP contribution in [-0.2, 0) is 6.54 Å². The summed E-state index contributed by atoms with van der Waals surface area (Å²) < 4.78 is 0. The summed E-state index contributed by atoms with van der Waals surface area (Å²) in [5.41, 5.74) is 1.28. The fourth-order valence-corrected chi connectivity index (χ4v) is 3.40. The molecule has 3 heterocycles. The van der Waals surface area contributed by atoms with E-state index < -0.39 is 0 Å². The smallest absolute Gasteiger partial charge is 0.264 e. The van der Waals surface area contributed by atoms with Crippen LogP contribution < -0.4 is 0 Å². The van der Waals surface area contributed by atoms with Gasteiger partial charge in [-0.05, 0) is 36.8 Å². The zero-order valence-corrected chi connectivity index (χ0v) is 13.0. The van der Waals surface area contributed by atoms with Crippen molar-refractivity contribution >= 4 is 17.2 Å². The van der Waals surface area contributed by atoms with Crippen LogP contribution in [0.15, 0.2) is 36.7 Å². The molecule has 1 amide bonds. The Bertz CT molecular complexity index is 603. The van der Waals surface area contributed by atoms with Gasteiger partial charge in [-0.25, -0.2) is 0 Å². The normalized spacial score (nSPS) is 16.1. The first-order valence-corrected chi connectivity index (χ1v) is 8.01. The van der Waals surface area contributed by atoms with Crippen LogP contribution in [0.4, 0.5) is 0 Å². The van der Waals surface area contributed by atoms with Crippen LogP contribution in [0, 0.1) is 6.92 Å². The summed E-state index contributed by atoms with van der Waals surface area (Å²) >= 11 is 1.58. The maximum absolute atomic E-state index is 12.4. The maximum atomic E-state index is 12.4. The number of thiophene rings is 1. The molecule has 0 bridgehead atoms. The third kappa shape index (κ3) is 3.49. The number of pyridine rings is 1. The van der Waals surface area contributed by atoms with E-state index in [0.29, 0.717) is 0 Å². The Morgan fingerprint density at radius 2 is 1.86 bits per heavy atom. The van der Waals surface area contributed by atoms with Gasteiger partial charge in [-0.2, -0.15) is 0 Å². The molecule has 21 heavy (non-hydrogen) atoms. The van der Waals surface area contributed by atoms with E-state index in [2.05, 4.69) is 9.88 Å². The molecular weight excluding hydrogens is 282 g/mol. The van der Waals surface area contributed by atoms with Crippen LogP contribution >= 0.6 is 11.3 Å². The van der Waals surface area contributed by atoms with Gasteiger partial charge in [0.05, 0.1) is 4.88 Å². The fraction of sp³-hybridized carbons (Fsp3) is 0.375. The standard InChI is InChI=1S/C16H19N3OS/c1-13-2-3-15(21-13)16(20)19-10-8-18(9-11-19)12-14-4-6-17-7-5-14/h2-7H,8-12H2,1H3. The van der Waals surface area contributed by atoms with Crippen LogP contribution in [0.3, 0.4) is 0 Å². The predicted octanol–water partition coefficient (Wildman–Crippen LogP) is 2.41. The largest absolute Gasteiger partial charge is 0.335 e. The van der Waals surface area contributed by atoms with Gasteiger partial charge >= 0.3 is 0 Å². The minimum atomic E-state index is 0.177. The highest BCUT2D eigenvalue weighted by molar-refractivity contribution is 7.13. The predicted molar refractivity (Wildman–Crippen MR) is 84.5 cm³/mol. The summed E-state index contributed by atoms with van der Waals surface area (Å²) in [6.07, 6.45) is 3.66. The molecule has 2 aromatic rings. The van der Waals surface area contributed by atoms with Gasteiger partial charge in [-0.15, -0.1) is 11.3 Å². The number of amides is 1. The number of hydrogen-bond donors (Lipinski definition) is 0. The number of carbonyl (C=O) groups is 1. The van der Waals surface area contributed by atoms with Gasteiger partial charge in [0, 0.05) is 50.0 Å². The molecule has 3 rings (SSSR count). The molecule has 0 aliphatic carbocycles. The number of carbonyl (C=O) groups excluding carboxylic acids is 1.